The first kappa shape index (κ1) is 9.35. The minimum atomic E-state index is -0.609. The van der Waals surface area contributed by atoms with Crippen molar-refractivity contribution >= 4 is 5.97 Å². The molecule has 1 N–H and O–H groups in total. The first-order valence-electron chi connectivity index (χ1n) is 3.03. The maximum absolute atomic E-state index is 10.2. The van der Waals surface area contributed by atoms with Crippen LogP contribution in [0.2, 0.25) is 0 Å². The first-order valence-corrected chi connectivity index (χ1v) is 3.03. The Kier molecular flexibility index (Phi) is 4.38. The monoisotopic (exact) mass is 204 g/mol. The zero-order valence-corrected chi connectivity index (χ0v) is 7.72. The first-order chi connectivity index (χ1) is 3.80. The molecular formula is C6H10O2Zr. The topological polar surface area (TPSA) is 37.3 Å². The van der Waals surface area contributed by atoms with E-state index in [1.807, 2.05) is 0 Å². The van der Waals surface area contributed by atoms with Gasteiger partial charge in [-0.2, -0.15) is 0 Å². The van der Waals surface area contributed by atoms with Gasteiger partial charge in [-0.3, -0.25) is 4.79 Å². The minimum Gasteiger partial charge on any atom is -0.481 e. The van der Waals surface area contributed by atoms with Crippen molar-refractivity contribution in [2.75, 3.05) is 0 Å². The molecule has 0 heterocycles. The molecule has 1 fully saturated rings. The van der Waals surface area contributed by atoms with Gasteiger partial charge in [0.05, 0.1) is 5.92 Å². The minimum absolute atomic E-state index is 0. The van der Waals surface area contributed by atoms with E-state index in [-0.39, 0.29) is 32.1 Å². The second-order valence-corrected chi connectivity index (χ2v) is 2.32. The molecule has 1 saturated carbocycles. The number of rotatable bonds is 1. The molecule has 1 rings (SSSR count). The number of hydrogen-bond donors (Lipinski definition) is 1. The van der Waals surface area contributed by atoms with Crippen LogP contribution in [0.3, 0.4) is 0 Å². The fourth-order valence-electron chi connectivity index (χ4n) is 1.17. The van der Waals surface area contributed by atoms with Crippen molar-refractivity contribution in [1.29, 1.82) is 0 Å². The summed E-state index contributed by atoms with van der Waals surface area (Å²) in [5.74, 6) is -0.627. The van der Waals surface area contributed by atoms with Gasteiger partial charge in [0.15, 0.2) is 0 Å². The summed E-state index contributed by atoms with van der Waals surface area (Å²) in [6.45, 7) is 0. The largest absolute Gasteiger partial charge is 0.481 e. The molecule has 0 atom stereocenters. The van der Waals surface area contributed by atoms with E-state index in [4.69, 9.17) is 5.11 Å². The summed E-state index contributed by atoms with van der Waals surface area (Å²) < 4.78 is 0. The smallest absolute Gasteiger partial charge is 0.306 e. The SMILES string of the molecule is O=C(O)C1CCCC1.[Zr]. The Hall–Kier alpha value is 0.353. The quantitative estimate of drug-likeness (QED) is 0.700. The molecule has 1 aliphatic rings. The zero-order valence-electron chi connectivity index (χ0n) is 5.26. The predicted molar refractivity (Wildman–Crippen MR) is 29.6 cm³/mol. The number of carboxylic acid groups (broad SMARTS) is 1. The summed E-state index contributed by atoms with van der Waals surface area (Å²) in [6, 6.07) is 0. The predicted octanol–water partition coefficient (Wildman–Crippen LogP) is 1.26. The van der Waals surface area contributed by atoms with Crippen LogP contribution in [0.25, 0.3) is 0 Å². The van der Waals surface area contributed by atoms with Gasteiger partial charge < -0.3 is 5.11 Å². The van der Waals surface area contributed by atoms with Crippen LogP contribution in [-0.4, -0.2) is 11.1 Å². The summed E-state index contributed by atoms with van der Waals surface area (Å²) in [6.07, 6.45) is 4.01. The fourth-order valence-corrected chi connectivity index (χ4v) is 1.17. The van der Waals surface area contributed by atoms with Gasteiger partial charge in [-0.25, -0.2) is 0 Å². The van der Waals surface area contributed by atoms with Gasteiger partial charge in [0.2, 0.25) is 0 Å². The van der Waals surface area contributed by atoms with E-state index in [0.29, 0.717) is 0 Å². The summed E-state index contributed by atoms with van der Waals surface area (Å²) in [4.78, 5) is 10.2. The molecule has 50 valence electrons. The average molecular weight is 205 g/mol. The van der Waals surface area contributed by atoms with Gasteiger partial charge in [-0.1, -0.05) is 12.8 Å². The van der Waals surface area contributed by atoms with E-state index in [2.05, 4.69) is 0 Å². The van der Waals surface area contributed by atoms with Gasteiger partial charge in [0.25, 0.3) is 0 Å². The number of carbonyl (C=O) groups is 1. The zero-order chi connectivity index (χ0) is 5.98. The molecule has 2 nitrogen and oxygen atoms in total. The summed E-state index contributed by atoms with van der Waals surface area (Å²) in [7, 11) is 0. The molecule has 0 aliphatic heterocycles. The maximum atomic E-state index is 10.2. The molecule has 0 spiro atoms. The number of aliphatic carboxylic acids is 1. The number of carboxylic acids is 1. The van der Waals surface area contributed by atoms with Crippen LogP contribution in [0, 0.1) is 5.92 Å². The third-order valence-electron chi connectivity index (χ3n) is 1.70. The second-order valence-electron chi connectivity index (χ2n) is 2.32. The Morgan fingerprint density at radius 1 is 1.33 bits per heavy atom. The van der Waals surface area contributed by atoms with Crippen LogP contribution in [0.1, 0.15) is 25.7 Å². The molecule has 9 heavy (non-hydrogen) atoms. The summed E-state index contributed by atoms with van der Waals surface area (Å²) in [5.41, 5.74) is 0. The van der Waals surface area contributed by atoms with E-state index in [1.165, 1.54) is 0 Å². The molecule has 0 amide bonds. The normalized spacial score (nSPS) is 19.1. The van der Waals surface area contributed by atoms with Crippen molar-refractivity contribution in [3.8, 4) is 0 Å². The van der Waals surface area contributed by atoms with Gasteiger partial charge in [-0.05, 0) is 12.8 Å². The van der Waals surface area contributed by atoms with Crippen LogP contribution in [0.5, 0.6) is 0 Å². The molecule has 1 aliphatic carbocycles. The van der Waals surface area contributed by atoms with Crippen molar-refractivity contribution < 1.29 is 36.1 Å². The van der Waals surface area contributed by atoms with Gasteiger partial charge in [0, 0.05) is 26.2 Å². The Morgan fingerprint density at radius 2 is 1.78 bits per heavy atom. The van der Waals surface area contributed by atoms with Crippen molar-refractivity contribution in [3.05, 3.63) is 0 Å². The van der Waals surface area contributed by atoms with Crippen molar-refractivity contribution in [1.82, 2.24) is 0 Å². The Labute approximate surface area is 73.8 Å². The second kappa shape index (κ2) is 4.21. The molecule has 0 bridgehead atoms. The number of hydrogen-bond acceptors (Lipinski definition) is 1. The molecule has 0 aromatic carbocycles. The van der Waals surface area contributed by atoms with Crippen LogP contribution >= 0.6 is 0 Å². The van der Waals surface area contributed by atoms with Crippen molar-refractivity contribution in [3.63, 3.8) is 0 Å². The van der Waals surface area contributed by atoms with Crippen LogP contribution in [0.15, 0.2) is 0 Å². The molecule has 0 saturated heterocycles. The average Bonchev–Trinajstić information content (AvgIpc) is 2.12. The molecule has 0 aromatic rings. The Balaban J connectivity index is 0.000000640. The van der Waals surface area contributed by atoms with Crippen LogP contribution in [0.4, 0.5) is 0 Å². The molecule has 0 unspecified atom stereocenters. The van der Waals surface area contributed by atoms with E-state index < -0.39 is 5.97 Å². The third-order valence-corrected chi connectivity index (χ3v) is 1.70. The van der Waals surface area contributed by atoms with E-state index in [1.54, 1.807) is 0 Å². The Bertz CT molecular complexity index is 97.2. The third kappa shape index (κ3) is 2.62. The van der Waals surface area contributed by atoms with Crippen molar-refractivity contribution in [2.45, 2.75) is 25.7 Å². The fraction of sp³-hybridized carbons (Fsp3) is 0.833. The van der Waals surface area contributed by atoms with E-state index in [9.17, 15) is 4.79 Å². The molecular weight excluding hydrogens is 195 g/mol. The van der Waals surface area contributed by atoms with Gasteiger partial charge in [0.1, 0.15) is 0 Å². The molecule has 3 heteroatoms. The van der Waals surface area contributed by atoms with E-state index >= 15 is 0 Å². The standard InChI is InChI=1S/C6H10O2.Zr/c7-6(8)5-3-1-2-4-5;/h5H,1-4H2,(H,7,8);. The molecule has 0 aromatic heterocycles. The van der Waals surface area contributed by atoms with Crippen LogP contribution in [-0.2, 0) is 31.0 Å². The van der Waals surface area contributed by atoms with E-state index in [0.717, 1.165) is 25.7 Å². The van der Waals surface area contributed by atoms with Gasteiger partial charge >= 0.3 is 5.97 Å². The summed E-state index contributed by atoms with van der Waals surface area (Å²) in [5, 5.41) is 8.41. The Morgan fingerprint density at radius 3 is 2.00 bits per heavy atom. The molecule has 0 radical (unpaired) electrons. The van der Waals surface area contributed by atoms with Gasteiger partial charge in [-0.15, -0.1) is 0 Å². The maximum Gasteiger partial charge on any atom is 0.306 e. The van der Waals surface area contributed by atoms with Crippen molar-refractivity contribution in [2.24, 2.45) is 5.92 Å². The summed E-state index contributed by atoms with van der Waals surface area (Å²) >= 11 is 0. The van der Waals surface area contributed by atoms with Crippen LogP contribution < -0.4 is 0 Å².